The highest BCUT2D eigenvalue weighted by Crippen LogP contribution is 2.45. The summed E-state index contributed by atoms with van der Waals surface area (Å²) in [5.41, 5.74) is 3.87. The van der Waals surface area contributed by atoms with Crippen LogP contribution in [0.3, 0.4) is 0 Å². The Kier molecular flexibility index (Phi) is 3.50. The number of allylic oxidation sites excluding steroid dienone is 1. The molecule has 9 rings (SSSR count). The second-order valence-electron chi connectivity index (χ2n) is 10.7. The largest absolute Gasteiger partial charge is 0.456 e. The van der Waals surface area contributed by atoms with Crippen molar-refractivity contribution in [3.05, 3.63) is 150 Å². The van der Waals surface area contributed by atoms with Crippen LogP contribution < -0.4 is 0 Å². The van der Waals surface area contributed by atoms with Crippen molar-refractivity contribution in [2.45, 2.75) is 12.8 Å². The molecule has 0 saturated carbocycles. The minimum Gasteiger partial charge on any atom is -0.456 e. The molecule has 202 valence electrons. The molecule has 43 heavy (non-hydrogen) atoms. The minimum absolute atomic E-state index is 0.0342. The van der Waals surface area contributed by atoms with Crippen molar-refractivity contribution >= 4 is 49.6 Å². The molecular formula is C42H28O. The first kappa shape index (κ1) is 15.7. The lowest BCUT2D eigenvalue weighted by molar-refractivity contribution is 0.669. The number of furan rings is 1. The topological polar surface area (TPSA) is 13.1 Å². The Labute approximate surface area is 265 Å². The summed E-state index contributed by atoms with van der Waals surface area (Å²) in [7, 11) is 0. The third kappa shape index (κ3) is 3.86. The highest BCUT2D eigenvalue weighted by molar-refractivity contribution is 6.22. The molecule has 0 unspecified atom stereocenters. The highest BCUT2D eigenvalue weighted by atomic mass is 16.3. The molecule has 1 heterocycles. The third-order valence-electron chi connectivity index (χ3n) is 8.25. The molecule has 7 aromatic carbocycles. The molecule has 0 fully saturated rings. The van der Waals surface area contributed by atoms with E-state index in [-0.39, 0.29) is 51.2 Å². The summed E-state index contributed by atoms with van der Waals surface area (Å²) in [6, 6.07) is 16.3. The van der Waals surface area contributed by atoms with E-state index in [9.17, 15) is 5.48 Å². The van der Waals surface area contributed by atoms with Gasteiger partial charge in [0.15, 0.2) is 0 Å². The molecule has 1 nitrogen and oxygen atoms in total. The number of aryl methyl sites for hydroxylation is 1. The van der Waals surface area contributed by atoms with Crippen LogP contribution in [0.15, 0.2) is 144 Å². The van der Waals surface area contributed by atoms with Gasteiger partial charge in [0.2, 0.25) is 0 Å². The molecule has 1 aliphatic rings. The van der Waals surface area contributed by atoms with E-state index in [4.69, 9.17) is 14.0 Å². The van der Waals surface area contributed by atoms with Crippen LogP contribution in [0.2, 0.25) is 0 Å². The Morgan fingerprint density at radius 2 is 1.14 bits per heavy atom. The van der Waals surface area contributed by atoms with Gasteiger partial charge in [0, 0.05) is 10.8 Å². The van der Waals surface area contributed by atoms with Gasteiger partial charge in [-0.1, -0.05) is 121 Å². The fourth-order valence-corrected chi connectivity index (χ4v) is 6.32. The predicted octanol–water partition coefficient (Wildman–Crippen LogP) is 11.9. The number of hydrogen-bond acceptors (Lipinski definition) is 1. The van der Waals surface area contributed by atoms with Crippen molar-refractivity contribution in [3.8, 4) is 33.4 Å². The van der Waals surface area contributed by atoms with Crippen LogP contribution in [0.4, 0.5) is 0 Å². The lowest BCUT2D eigenvalue weighted by Gasteiger charge is -2.19. The van der Waals surface area contributed by atoms with Gasteiger partial charge in [-0.15, -0.1) is 0 Å². The number of rotatable bonds is 3. The van der Waals surface area contributed by atoms with Crippen LogP contribution >= 0.6 is 0 Å². The van der Waals surface area contributed by atoms with Crippen LogP contribution in [-0.2, 0) is 6.42 Å². The first-order chi connectivity index (χ1) is 25.9. The van der Waals surface area contributed by atoms with E-state index in [1.54, 1.807) is 0 Å². The van der Waals surface area contributed by atoms with Crippen molar-refractivity contribution in [2.24, 2.45) is 0 Å². The first-order valence-corrected chi connectivity index (χ1v) is 14.2. The van der Waals surface area contributed by atoms with Gasteiger partial charge >= 0.3 is 0 Å². The average Bonchev–Trinajstić information content (AvgIpc) is 3.60. The van der Waals surface area contributed by atoms with Gasteiger partial charge in [0.05, 0.1) is 15.1 Å². The van der Waals surface area contributed by atoms with Gasteiger partial charge in [-0.3, -0.25) is 0 Å². The summed E-state index contributed by atoms with van der Waals surface area (Å²) in [5, 5.41) is 3.12. The van der Waals surface area contributed by atoms with Crippen LogP contribution in [-0.4, -0.2) is 0 Å². The fourth-order valence-electron chi connectivity index (χ4n) is 6.32. The zero-order valence-electron chi connectivity index (χ0n) is 33.8. The molecular weight excluding hydrogens is 520 g/mol. The molecule has 1 aromatic heterocycles. The molecule has 0 atom stereocenters. The SMILES string of the molecule is [2H]c1c([2H])c([2H])c(-c2c([2H])c([2H])c3oc4c([2H])c([2H])c(-c5c6ccccc6c(-c6ccc7c(c6)CCC=C7)c6ccccc56)c([2H])c4c3c2[2H])c([2H])c1[2H]. The van der Waals surface area contributed by atoms with Crippen LogP contribution in [0.1, 0.15) is 32.6 Å². The minimum atomic E-state index is -0.654. The number of fused-ring (bicyclic) bond motifs is 6. The maximum atomic E-state index is 9.74. The Morgan fingerprint density at radius 1 is 0.535 bits per heavy atom. The van der Waals surface area contributed by atoms with Gasteiger partial charge < -0.3 is 4.42 Å². The van der Waals surface area contributed by atoms with Crippen LogP contribution in [0.25, 0.3) is 82.9 Å². The van der Waals surface area contributed by atoms with E-state index >= 15 is 0 Å². The lowest BCUT2D eigenvalue weighted by atomic mass is 9.84. The quantitative estimate of drug-likeness (QED) is 0.196. The van der Waals surface area contributed by atoms with Gasteiger partial charge in [-0.2, -0.15) is 0 Å². The Morgan fingerprint density at radius 3 is 1.81 bits per heavy atom. The lowest BCUT2D eigenvalue weighted by Crippen LogP contribution is -1.96. The standard InChI is InChI=1S/C42H28O/c1-2-10-27(11-3-1)30-20-22-39-37(25-30)38-26-32(21-23-40(38)43-39)42-35-16-8-6-14-33(35)41(34-15-7-9-17-36(34)42)31-19-18-28-12-4-5-13-29(28)24-31/h1-4,6-12,14-26H,5,13H2/i1D,2D,3D,10D,11D,20D,21D,22D,23D,25D,26D. The summed E-state index contributed by atoms with van der Waals surface area (Å²) in [4.78, 5) is 0. The number of hydrogen-bond donors (Lipinski definition) is 0. The monoisotopic (exact) mass is 559 g/mol. The highest BCUT2D eigenvalue weighted by Gasteiger charge is 2.19. The molecule has 1 heteroatoms. The van der Waals surface area contributed by atoms with Crippen molar-refractivity contribution in [3.63, 3.8) is 0 Å². The number of benzene rings is 7. The summed E-state index contributed by atoms with van der Waals surface area (Å²) in [6.45, 7) is 0. The van der Waals surface area contributed by atoms with Gasteiger partial charge in [0.1, 0.15) is 11.2 Å². The molecule has 0 saturated heterocycles. The Hall–Kier alpha value is -5.40. The van der Waals surface area contributed by atoms with Gasteiger partial charge in [-0.05, 0) is 103 Å². The van der Waals surface area contributed by atoms with Gasteiger partial charge in [0.25, 0.3) is 0 Å². The fraction of sp³-hybridized carbons (Fsp3) is 0.0476. The molecule has 0 spiro atoms. The molecule has 8 aromatic rings. The molecule has 0 N–H and O–H groups in total. The van der Waals surface area contributed by atoms with Gasteiger partial charge in [-0.25, -0.2) is 0 Å². The summed E-state index contributed by atoms with van der Waals surface area (Å²) in [6.07, 6.45) is 6.22. The molecule has 0 amide bonds. The second kappa shape index (κ2) is 9.58. The predicted molar refractivity (Wildman–Crippen MR) is 182 cm³/mol. The second-order valence-corrected chi connectivity index (χ2v) is 10.7. The average molecular weight is 560 g/mol. The summed E-state index contributed by atoms with van der Waals surface area (Å²) in [5.74, 6) is 0. The first-order valence-electron chi connectivity index (χ1n) is 19.7. The molecule has 0 aliphatic heterocycles. The van der Waals surface area contributed by atoms with Crippen LogP contribution in [0.5, 0.6) is 0 Å². The maximum absolute atomic E-state index is 9.74. The maximum Gasteiger partial charge on any atom is 0.135 e. The van der Waals surface area contributed by atoms with Crippen molar-refractivity contribution in [2.75, 3.05) is 0 Å². The third-order valence-corrected chi connectivity index (χ3v) is 8.25. The molecule has 1 aliphatic carbocycles. The van der Waals surface area contributed by atoms with E-state index in [2.05, 4.69) is 30.4 Å². The van der Waals surface area contributed by atoms with Crippen molar-refractivity contribution < 1.29 is 19.5 Å². The zero-order valence-corrected chi connectivity index (χ0v) is 22.8. The van der Waals surface area contributed by atoms with Crippen LogP contribution in [0, 0.1) is 0 Å². The van der Waals surface area contributed by atoms with E-state index in [0.29, 0.717) is 5.56 Å². The Balaban J connectivity index is 1.41. The van der Waals surface area contributed by atoms with E-state index in [0.717, 1.165) is 45.5 Å². The molecule has 0 radical (unpaired) electrons. The van der Waals surface area contributed by atoms with Crippen molar-refractivity contribution in [1.82, 2.24) is 0 Å². The normalized spacial score (nSPS) is 16.4. The summed E-state index contributed by atoms with van der Waals surface area (Å²) < 4.78 is 103. The Bertz CT molecular complexity index is 2930. The van der Waals surface area contributed by atoms with Crippen molar-refractivity contribution in [1.29, 1.82) is 0 Å². The zero-order chi connectivity index (χ0) is 37.9. The summed E-state index contributed by atoms with van der Waals surface area (Å²) >= 11 is 0. The van der Waals surface area contributed by atoms with E-state index in [1.807, 2.05) is 48.5 Å². The smallest absolute Gasteiger partial charge is 0.135 e. The van der Waals surface area contributed by atoms with E-state index in [1.165, 1.54) is 11.1 Å². The molecule has 0 bridgehead atoms. The van der Waals surface area contributed by atoms with E-state index < -0.39 is 53.9 Å².